The average Bonchev–Trinajstić information content (AvgIpc) is 3.44. The lowest BCUT2D eigenvalue weighted by atomic mass is 10.1. The lowest BCUT2D eigenvalue weighted by Crippen LogP contribution is -2.31. The van der Waals surface area contributed by atoms with E-state index in [4.69, 9.17) is 25.8 Å². The first-order valence-corrected chi connectivity index (χ1v) is 11.2. The summed E-state index contributed by atoms with van der Waals surface area (Å²) in [5.41, 5.74) is 1.73. The zero-order chi connectivity index (χ0) is 24.2. The van der Waals surface area contributed by atoms with Crippen LogP contribution < -0.4 is 5.32 Å². The molecule has 5 atom stereocenters. The third-order valence-corrected chi connectivity index (χ3v) is 6.34. The molecule has 3 aromatic rings. The molecule has 0 bridgehead atoms. The third kappa shape index (κ3) is 3.79. The van der Waals surface area contributed by atoms with E-state index in [-0.39, 0.29) is 23.4 Å². The molecule has 0 spiro atoms. The Balaban J connectivity index is 1.56. The van der Waals surface area contributed by atoms with Gasteiger partial charge in [-0.1, -0.05) is 11.6 Å². The van der Waals surface area contributed by atoms with E-state index in [9.17, 15) is 14.8 Å². The number of nitrogens with zero attached hydrogens (tertiary/aromatic N) is 4. The predicted molar refractivity (Wildman–Crippen MR) is 121 cm³/mol. The summed E-state index contributed by atoms with van der Waals surface area (Å²) < 4.78 is 33.2. The van der Waals surface area contributed by atoms with Gasteiger partial charge in [0.1, 0.15) is 41.4 Å². The van der Waals surface area contributed by atoms with Gasteiger partial charge in [-0.2, -0.15) is 5.26 Å². The van der Waals surface area contributed by atoms with E-state index in [0.717, 1.165) is 6.20 Å². The van der Waals surface area contributed by atoms with Crippen molar-refractivity contribution in [3.05, 3.63) is 52.8 Å². The van der Waals surface area contributed by atoms with Gasteiger partial charge in [-0.15, -0.1) is 0 Å². The van der Waals surface area contributed by atoms with Crippen LogP contribution in [0.25, 0.3) is 11.0 Å². The molecule has 0 amide bonds. The van der Waals surface area contributed by atoms with Crippen molar-refractivity contribution in [2.75, 3.05) is 11.9 Å². The Morgan fingerprint density at radius 1 is 1.32 bits per heavy atom. The summed E-state index contributed by atoms with van der Waals surface area (Å²) in [6.07, 6.45) is 0.807. The van der Waals surface area contributed by atoms with E-state index in [1.54, 1.807) is 22.9 Å². The topological polar surface area (TPSA) is 114 Å². The second kappa shape index (κ2) is 8.45. The van der Waals surface area contributed by atoms with Crippen LogP contribution in [0.15, 0.2) is 30.6 Å². The fourth-order valence-corrected chi connectivity index (χ4v) is 4.78. The number of hydrogen-bond acceptors (Lipinski definition) is 8. The number of pyridine rings is 2. The molecule has 0 radical (unpaired) electrons. The number of aromatic nitrogens is 3. The third-order valence-electron chi connectivity index (χ3n) is 6.06. The minimum atomic E-state index is -0.822. The predicted octanol–water partition coefficient (Wildman–Crippen LogP) is 3.68. The van der Waals surface area contributed by atoms with Crippen LogP contribution in [-0.2, 0) is 14.2 Å². The Morgan fingerprint density at radius 2 is 2.09 bits per heavy atom. The van der Waals surface area contributed by atoms with E-state index in [1.807, 2.05) is 20.8 Å². The highest BCUT2D eigenvalue weighted by atomic mass is 35.5. The Kier molecular flexibility index (Phi) is 5.70. The summed E-state index contributed by atoms with van der Waals surface area (Å²) >= 11 is 6.42. The van der Waals surface area contributed by atoms with Crippen LogP contribution in [-0.4, -0.2) is 50.3 Å². The van der Waals surface area contributed by atoms with E-state index in [2.05, 4.69) is 21.4 Å². The summed E-state index contributed by atoms with van der Waals surface area (Å²) in [6, 6.07) is 6.46. The van der Waals surface area contributed by atoms with E-state index in [1.165, 1.54) is 6.07 Å². The SMILES string of the molecule is CC(Nc1c(C#N)c(Cl)nc2c1ccn2[C@@H]1O[C@H](CO)[C@H]2OC(C)(C)O[C@H]21)c1ccc(F)cn1. The maximum Gasteiger partial charge on any atom is 0.164 e. The standard InChI is InChI=1S/C23H23ClFN5O4/c1-11(15-5-4-12(25)9-27-15)28-17-13-6-7-30(21(13)29-20(24)14(17)8-26)22-19-18(16(10-31)32-22)33-23(2,3)34-19/h4-7,9,11,16,18-19,22,31H,10H2,1-3H3,(H,28,29)/t11?,16-,18-,19-,22-/m1/s1. The maximum atomic E-state index is 13.3. The molecular formula is C23H23ClFN5O4. The number of nitriles is 1. The number of hydrogen-bond donors (Lipinski definition) is 2. The molecule has 0 aromatic carbocycles. The lowest BCUT2D eigenvalue weighted by molar-refractivity contribution is -0.199. The van der Waals surface area contributed by atoms with Crippen molar-refractivity contribution in [2.45, 2.75) is 57.1 Å². The number of nitrogens with one attached hydrogen (secondary N) is 1. The fraction of sp³-hybridized carbons (Fsp3) is 0.435. The zero-order valence-corrected chi connectivity index (χ0v) is 19.5. The van der Waals surface area contributed by atoms with Crippen molar-refractivity contribution < 1.29 is 23.7 Å². The van der Waals surface area contributed by atoms with E-state index >= 15 is 0 Å². The van der Waals surface area contributed by atoms with Gasteiger partial charge in [-0.3, -0.25) is 4.98 Å². The smallest absolute Gasteiger partial charge is 0.164 e. The molecule has 11 heteroatoms. The zero-order valence-electron chi connectivity index (χ0n) is 18.7. The highest BCUT2D eigenvalue weighted by Crippen LogP contribution is 2.44. The number of rotatable bonds is 5. The van der Waals surface area contributed by atoms with Crippen molar-refractivity contribution in [3.8, 4) is 6.07 Å². The van der Waals surface area contributed by atoms with Gasteiger partial charge >= 0.3 is 0 Å². The Hall–Kier alpha value is -2.81. The molecular weight excluding hydrogens is 465 g/mol. The van der Waals surface area contributed by atoms with E-state index < -0.39 is 36.1 Å². The van der Waals surface area contributed by atoms with Crippen LogP contribution in [0.1, 0.15) is 44.3 Å². The van der Waals surface area contributed by atoms with Crippen molar-refractivity contribution in [1.29, 1.82) is 5.26 Å². The number of aliphatic hydroxyl groups excluding tert-OH is 1. The van der Waals surface area contributed by atoms with Gasteiger partial charge in [0.2, 0.25) is 0 Å². The molecule has 2 aliphatic heterocycles. The summed E-state index contributed by atoms with van der Waals surface area (Å²) in [5, 5.41) is 23.5. The van der Waals surface area contributed by atoms with Crippen molar-refractivity contribution in [3.63, 3.8) is 0 Å². The monoisotopic (exact) mass is 487 g/mol. The number of anilines is 1. The highest BCUT2D eigenvalue weighted by molar-refractivity contribution is 6.31. The number of aliphatic hydroxyl groups is 1. The molecule has 2 aliphatic rings. The molecule has 2 saturated heterocycles. The number of ether oxygens (including phenoxy) is 3. The first-order chi connectivity index (χ1) is 16.2. The molecule has 0 saturated carbocycles. The molecule has 0 aliphatic carbocycles. The van der Waals surface area contributed by atoms with Crippen molar-refractivity contribution in [1.82, 2.24) is 14.5 Å². The summed E-state index contributed by atoms with van der Waals surface area (Å²) in [5.74, 6) is -1.26. The molecule has 1 unspecified atom stereocenters. The van der Waals surface area contributed by atoms with Gasteiger partial charge in [0.25, 0.3) is 0 Å². The van der Waals surface area contributed by atoms with Crippen LogP contribution in [0.4, 0.5) is 10.1 Å². The van der Waals surface area contributed by atoms with Crippen LogP contribution in [0.3, 0.4) is 0 Å². The van der Waals surface area contributed by atoms with Gasteiger partial charge in [0.15, 0.2) is 17.2 Å². The first-order valence-electron chi connectivity index (χ1n) is 10.8. The molecule has 9 nitrogen and oxygen atoms in total. The maximum absolute atomic E-state index is 13.3. The molecule has 2 fully saturated rings. The summed E-state index contributed by atoms with van der Waals surface area (Å²) in [4.78, 5) is 8.59. The van der Waals surface area contributed by atoms with Gasteiger partial charge in [0, 0.05) is 11.6 Å². The largest absolute Gasteiger partial charge is 0.394 e. The number of fused-ring (bicyclic) bond motifs is 2. The first kappa shape index (κ1) is 23.0. The molecule has 5 rings (SSSR count). The normalized spacial score (nSPS) is 26.4. The van der Waals surface area contributed by atoms with Crippen LogP contribution in [0, 0.1) is 17.1 Å². The highest BCUT2D eigenvalue weighted by Gasteiger charge is 2.55. The Bertz CT molecular complexity index is 1280. The van der Waals surface area contributed by atoms with Crippen molar-refractivity contribution >= 4 is 28.3 Å². The number of halogens is 2. The lowest BCUT2D eigenvalue weighted by Gasteiger charge is -2.24. The van der Waals surface area contributed by atoms with Gasteiger partial charge < -0.3 is 29.2 Å². The average molecular weight is 488 g/mol. The quantitative estimate of drug-likeness (QED) is 0.524. The molecule has 5 heterocycles. The Labute approximate surface area is 200 Å². The second-order valence-corrected chi connectivity index (χ2v) is 9.16. The van der Waals surface area contributed by atoms with Crippen LogP contribution in [0.5, 0.6) is 0 Å². The molecule has 178 valence electrons. The van der Waals surface area contributed by atoms with E-state index in [0.29, 0.717) is 22.4 Å². The summed E-state index contributed by atoms with van der Waals surface area (Å²) in [7, 11) is 0. The van der Waals surface area contributed by atoms with Crippen LogP contribution in [0.2, 0.25) is 5.15 Å². The van der Waals surface area contributed by atoms with Gasteiger partial charge in [0.05, 0.1) is 30.2 Å². The minimum Gasteiger partial charge on any atom is -0.394 e. The second-order valence-electron chi connectivity index (χ2n) is 8.80. The fourth-order valence-electron chi connectivity index (χ4n) is 4.56. The molecule has 2 N–H and O–H groups in total. The minimum absolute atomic E-state index is 0.0221. The Morgan fingerprint density at radius 3 is 2.76 bits per heavy atom. The van der Waals surface area contributed by atoms with Gasteiger partial charge in [-0.05, 0) is 39.0 Å². The summed E-state index contributed by atoms with van der Waals surface area (Å²) in [6.45, 7) is 5.25. The molecule has 34 heavy (non-hydrogen) atoms. The van der Waals surface area contributed by atoms with Crippen molar-refractivity contribution in [2.24, 2.45) is 0 Å². The van der Waals surface area contributed by atoms with Gasteiger partial charge in [-0.25, -0.2) is 9.37 Å². The molecule has 3 aromatic heterocycles. The van der Waals surface area contributed by atoms with Crippen LogP contribution >= 0.6 is 11.6 Å².